The minimum atomic E-state index is -0.0861. The van der Waals surface area contributed by atoms with E-state index in [0.29, 0.717) is 11.8 Å². The number of hydrogen-bond acceptors (Lipinski definition) is 3. The van der Waals surface area contributed by atoms with Gasteiger partial charge in [-0.05, 0) is 32.1 Å². The third-order valence-corrected chi connectivity index (χ3v) is 5.15. The molecule has 0 radical (unpaired) electrons. The zero-order valence-corrected chi connectivity index (χ0v) is 13.8. The lowest BCUT2D eigenvalue weighted by atomic mass is 9.77. The molecule has 118 valence electrons. The van der Waals surface area contributed by atoms with Gasteiger partial charge in [0.15, 0.2) is 0 Å². The molecular weight excluding hydrogens is 262 g/mol. The van der Waals surface area contributed by atoms with Crippen LogP contribution in [0.15, 0.2) is 0 Å². The Bertz CT molecular complexity index is 399. The van der Waals surface area contributed by atoms with Gasteiger partial charge in [0, 0.05) is 31.6 Å². The minimum absolute atomic E-state index is 0.0432. The number of piperazine rings is 1. The molecule has 1 amide bonds. The molecule has 1 saturated carbocycles. The molecule has 0 aromatic heterocycles. The van der Waals surface area contributed by atoms with Crippen molar-refractivity contribution >= 4 is 5.91 Å². The summed E-state index contributed by atoms with van der Waals surface area (Å²) in [5, 5.41) is 9.00. The Morgan fingerprint density at radius 2 is 1.71 bits per heavy atom. The van der Waals surface area contributed by atoms with Crippen LogP contribution in [0, 0.1) is 22.7 Å². The first-order valence-corrected chi connectivity index (χ1v) is 8.41. The monoisotopic (exact) mass is 291 g/mol. The third-order valence-electron chi connectivity index (χ3n) is 5.15. The molecule has 1 atom stereocenters. The standard InChI is InChI=1S/C17H29N3O/c1-14(2)12-17(6-4-5-7-17)16(21)20-10-8-19(9-11-20)15(3)13-18/h14-15H,4-12H2,1-3H3. The van der Waals surface area contributed by atoms with Crippen molar-refractivity contribution in [2.45, 2.75) is 58.9 Å². The van der Waals surface area contributed by atoms with Crippen LogP contribution in [0.5, 0.6) is 0 Å². The van der Waals surface area contributed by atoms with Crippen molar-refractivity contribution in [2.24, 2.45) is 11.3 Å². The normalized spacial score (nSPS) is 24.0. The fourth-order valence-electron chi connectivity index (χ4n) is 4.07. The first-order chi connectivity index (χ1) is 9.98. The third kappa shape index (κ3) is 3.58. The lowest BCUT2D eigenvalue weighted by molar-refractivity contribution is -0.145. The van der Waals surface area contributed by atoms with Gasteiger partial charge in [-0.15, -0.1) is 0 Å². The summed E-state index contributed by atoms with van der Waals surface area (Å²) in [6, 6.07) is 2.25. The van der Waals surface area contributed by atoms with E-state index < -0.39 is 0 Å². The molecule has 0 bridgehead atoms. The van der Waals surface area contributed by atoms with E-state index in [1.165, 1.54) is 12.8 Å². The SMILES string of the molecule is CC(C)CC1(C(=O)N2CCN(C(C)C#N)CC2)CCCC1. The van der Waals surface area contributed by atoms with Crippen molar-refractivity contribution in [3.63, 3.8) is 0 Å². The highest BCUT2D eigenvalue weighted by Crippen LogP contribution is 2.44. The predicted octanol–water partition coefficient (Wildman–Crippen LogP) is 2.65. The Kier molecular flexibility index (Phi) is 5.27. The maximum Gasteiger partial charge on any atom is 0.228 e. The second-order valence-electron chi connectivity index (χ2n) is 7.22. The number of nitriles is 1. The van der Waals surface area contributed by atoms with E-state index in [0.717, 1.165) is 45.4 Å². The van der Waals surface area contributed by atoms with Gasteiger partial charge in [0.2, 0.25) is 5.91 Å². The van der Waals surface area contributed by atoms with Gasteiger partial charge in [0.25, 0.3) is 0 Å². The van der Waals surface area contributed by atoms with Gasteiger partial charge in [-0.3, -0.25) is 9.69 Å². The fourth-order valence-corrected chi connectivity index (χ4v) is 4.07. The molecule has 1 aliphatic heterocycles. The highest BCUT2D eigenvalue weighted by atomic mass is 16.2. The number of amides is 1. The van der Waals surface area contributed by atoms with Gasteiger partial charge in [-0.2, -0.15) is 5.26 Å². The van der Waals surface area contributed by atoms with Crippen molar-refractivity contribution < 1.29 is 4.79 Å². The smallest absolute Gasteiger partial charge is 0.228 e. The summed E-state index contributed by atoms with van der Waals surface area (Å²) in [6.45, 7) is 9.61. The largest absolute Gasteiger partial charge is 0.340 e. The average molecular weight is 291 g/mol. The van der Waals surface area contributed by atoms with Crippen molar-refractivity contribution in [1.29, 1.82) is 5.26 Å². The van der Waals surface area contributed by atoms with Crippen molar-refractivity contribution in [3.8, 4) is 6.07 Å². The maximum atomic E-state index is 13.0. The summed E-state index contributed by atoms with van der Waals surface area (Å²) in [6.07, 6.45) is 5.56. The lowest BCUT2D eigenvalue weighted by Gasteiger charge is -2.41. The number of carbonyl (C=O) groups is 1. The molecule has 1 heterocycles. The van der Waals surface area contributed by atoms with E-state index in [1.54, 1.807) is 0 Å². The molecule has 0 aromatic rings. The molecule has 1 aliphatic carbocycles. The van der Waals surface area contributed by atoms with E-state index in [4.69, 9.17) is 5.26 Å². The van der Waals surface area contributed by atoms with E-state index in [-0.39, 0.29) is 11.5 Å². The van der Waals surface area contributed by atoms with Gasteiger partial charge in [0.1, 0.15) is 0 Å². The minimum Gasteiger partial charge on any atom is -0.340 e. The summed E-state index contributed by atoms with van der Waals surface area (Å²) in [5.74, 6) is 0.963. The number of carbonyl (C=O) groups excluding carboxylic acids is 1. The number of rotatable bonds is 4. The van der Waals surface area contributed by atoms with Crippen LogP contribution in [0.1, 0.15) is 52.9 Å². The van der Waals surface area contributed by atoms with Crippen LogP contribution in [0.4, 0.5) is 0 Å². The van der Waals surface area contributed by atoms with Crippen LogP contribution in [0.2, 0.25) is 0 Å². The van der Waals surface area contributed by atoms with Crippen LogP contribution in [0.25, 0.3) is 0 Å². The maximum absolute atomic E-state index is 13.0. The molecular formula is C17H29N3O. The molecule has 0 N–H and O–H groups in total. The Balaban J connectivity index is 1.98. The van der Waals surface area contributed by atoms with E-state index in [1.807, 2.05) is 6.92 Å². The first kappa shape index (κ1) is 16.3. The molecule has 1 saturated heterocycles. The summed E-state index contributed by atoms with van der Waals surface area (Å²) in [5.41, 5.74) is -0.0861. The average Bonchev–Trinajstić information content (AvgIpc) is 2.94. The second-order valence-corrected chi connectivity index (χ2v) is 7.22. The molecule has 4 heteroatoms. The van der Waals surface area contributed by atoms with Crippen LogP contribution < -0.4 is 0 Å². The van der Waals surface area contributed by atoms with Crippen molar-refractivity contribution in [3.05, 3.63) is 0 Å². The molecule has 21 heavy (non-hydrogen) atoms. The molecule has 2 aliphatic rings. The predicted molar refractivity (Wildman–Crippen MR) is 83.6 cm³/mol. The quantitative estimate of drug-likeness (QED) is 0.800. The van der Waals surface area contributed by atoms with Crippen LogP contribution in [-0.2, 0) is 4.79 Å². The van der Waals surface area contributed by atoms with Gasteiger partial charge in [-0.1, -0.05) is 26.7 Å². The fraction of sp³-hybridized carbons (Fsp3) is 0.882. The lowest BCUT2D eigenvalue weighted by Crippen LogP contribution is -2.54. The number of nitrogens with zero attached hydrogens (tertiary/aromatic N) is 3. The Morgan fingerprint density at radius 3 is 2.19 bits per heavy atom. The Morgan fingerprint density at radius 1 is 1.14 bits per heavy atom. The molecule has 1 unspecified atom stereocenters. The van der Waals surface area contributed by atoms with Gasteiger partial charge in [0.05, 0.1) is 12.1 Å². The second kappa shape index (κ2) is 6.79. The first-order valence-electron chi connectivity index (χ1n) is 8.41. The summed E-state index contributed by atoms with van der Waals surface area (Å²) in [4.78, 5) is 17.3. The van der Waals surface area contributed by atoms with E-state index >= 15 is 0 Å². The van der Waals surface area contributed by atoms with Crippen LogP contribution in [-0.4, -0.2) is 47.9 Å². The van der Waals surface area contributed by atoms with Crippen molar-refractivity contribution in [1.82, 2.24) is 9.80 Å². The summed E-state index contributed by atoms with van der Waals surface area (Å²) in [7, 11) is 0. The Hall–Kier alpha value is -1.08. The van der Waals surface area contributed by atoms with E-state index in [2.05, 4.69) is 29.7 Å². The highest BCUT2D eigenvalue weighted by Gasteiger charge is 2.44. The molecule has 2 rings (SSSR count). The highest BCUT2D eigenvalue weighted by molar-refractivity contribution is 5.83. The van der Waals surface area contributed by atoms with Gasteiger partial charge >= 0.3 is 0 Å². The Labute approximate surface area is 129 Å². The van der Waals surface area contributed by atoms with Gasteiger partial charge in [-0.25, -0.2) is 0 Å². The van der Waals surface area contributed by atoms with Crippen LogP contribution in [0.3, 0.4) is 0 Å². The molecule has 4 nitrogen and oxygen atoms in total. The topological polar surface area (TPSA) is 47.3 Å². The van der Waals surface area contributed by atoms with Crippen LogP contribution >= 0.6 is 0 Å². The van der Waals surface area contributed by atoms with E-state index in [9.17, 15) is 4.79 Å². The zero-order valence-electron chi connectivity index (χ0n) is 13.8. The molecule has 0 aromatic carbocycles. The number of hydrogen-bond donors (Lipinski definition) is 0. The zero-order chi connectivity index (χ0) is 15.5. The molecule has 2 fully saturated rings. The van der Waals surface area contributed by atoms with Crippen molar-refractivity contribution in [2.75, 3.05) is 26.2 Å². The summed E-state index contributed by atoms with van der Waals surface area (Å²) < 4.78 is 0. The van der Waals surface area contributed by atoms with Gasteiger partial charge < -0.3 is 4.90 Å². The summed E-state index contributed by atoms with van der Waals surface area (Å²) >= 11 is 0. The molecule has 0 spiro atoms.